The SMILES string of the molecule is COc1ccc(C=c2sc3n(c2=O)C(c2ccccc2)C(C(=O)OC(C)C)=C(C)N=3)c(C)c1. The molecule has 1 unspecified atom stereocenters. The highest BCUT2D eigenvalue weighted by molar-refractivity contribution is 7.07. The molecule has 0 saturated carbocycles. The van der Waals surface area contributed by atoms with Crippen molar-refractivity contribution in [3.05, 3.63) is 96.2 Å². The van der Waals surface area contributed by atoms with Crippen LogP contribution in [0, 0.1) is 6.92 Å². The molecule has 3 aromatic rings. The number of aryl methyl sites for hydroxylation is 1. The molecule has 0 amide bonds. The fraction of sp³-hybridized carbons (Fsp3) is 0.269. The number of carbonyl (C=O) groups excluding carboxylic acids is 1. The first-order chi connectivity index (χ1) is 15.8. The fourth-order valence-corrected chi connectivity index (χ4v) is 4.93. The zero-order valence-corrected chi connectivity index (χ0v) is 20.1. The van der Waals surface area contributed by atoms with E-state index in [2.05, 4.69) is 4.99 Å². The Morgan fingerprint density at radius 3 is 2.52 bits per heavy atom. The fourth-order valence-electron chi connectivity index (χ4n) is 3.89. The number of esters is 1. The third-order valence-electron chi connectivity index (χ3n) is 5.46. The minimum Gasteiger partial charge on any atom is -0.497 e. The number of ether oxygens (including phenoxy) is 2. The van der Waals surface area contributed by atoms with Gasteiger partial charge in [-0.2, -0.15) is 0 Å². The number of hydrogen-bond donors (Lipinski definition) is 0. The van der Waals surface area contributed by atoms with Gasteiger partial charge in [-0.15, -0.1) is 0 Å². The van der Waals surface area contributed by atoms with E-state index in [1.807, 2.05) is 61.5 Å². The molecule has 4 rings (SSSR count). The summed E-state index contributed by atoms with van der Waals surface area (Å²) in [6.07, 6.45) is 1.59. The summed E-state index contributed by atoms with van der Waals surface area (Å²) in [5.41, 5.74) is 3.50. The lowest BCUT2D eigenvalue weighted by molar-refractivity contribution is -0.143. The number of allylic oxidation sites excluding steroid dienone is 1. The minimum absolute atomic E-state index is 0.190. The Kier molecular flexibility index (Phi) is 6.33. The Bertz CT molecular complexity index is 1410. The Labute approximate surface area is 196 Å². The van der Waals surface area contributed by atoms with Gasteiger partial charge in [0, 0.05) is 0 Å². The van der Waals surface area contributed by atoms with Gasteiger partial charge in [-0.1, -0.05) is 47.7 Å². The lowest BCUT2D eigenvalue weighted by Gasteiger charge is -2.25. The van der Waals surface area contributed by atoms with E-state index in [-0.39, 0.29) is 11.7 Å². The molecule has 0 fully saturated rings. The van der Waals surface area contributed by atoms with Gasteiger partial charge < -0.3 is 9.47 Å². The van der Waals surface area contributed by atoms with E-state index in [0.717, 1.165) is 22.4 Å². The molecule has 0 saturated heterocycles. The number of nitrogens with zero attached hydrogens (tertiary/aromatic N) is 2. The summed E-state index contributed by atoms with van der Waals surface area (Å²) in [7, 11) is 1.63. The number of hydrogen-bond acceptors (Lipinski definition) is 6. The molecule has 7 heteroatoms. The molecule has 1 aromatic heterocycles. The van der Waals surface area contributed by atoms with Crippen LogP contribution in [0.5, 0.6) is 5.75 Å². The zero-order chi connectivity index (χ0) is 23.7. The molecule has 1 aliphatic rings. The van der Waals surface area contributed by atoms with Crippen LogP contribution in [0.25, 0.3) is 6.08 Å². The van der Waals surface area contributed by atoms with Crippen LogP contribution in [0.15, 0.2) is 69.6 Å². The summed E-state index contributed by atoms with van der Waals surface area (Å²) in [4.78, 5) is 31.9. The summed E-state index contributed by atoms with van der Waals surface area (Å²) in [5, 5.41) is 0. The Balaban J connectivity index is 1.92. The van der Waals surface area contributed by atoms with E-state index >= 15 is 0 Å². The number of thiazole rings is 1. The zero-order valence-electron chi connectivity index (χ0n) is 19.3. The smallest absolute Gasteiger partial charge is 0.338 e. The third-order valence-corrected chi connectivity index (χ3v) is 6.45. The van der Waals surface area contributed by atoms with Crippen molar-refractivity contribution in [3.63, 3.8) is 0 Å². The molecule has 0 spiro atoms. The van der Waals surface area contributed by atoms with Crippen LogP contribution in [0.3, 0.4) is 0 Å². The standard InChI is InChI=1S/C26H26N2O4S/c1-15(2)32-25(30)22-17(4)27-26-28(23(22)18-9-7-6-8-10-18)24(29)21(33-26)14-19-11-12-20(31-5)13-16(19)3/h6-15,23H,1-5H3. The van der Waals surface area contributed by atoms with E-state index in [9.17, 15) is 9.59 Å². The average Bonchev–Trinajstić information content (AvgIpc) is 3.08. The lowest BCUT2D eigenvalue weighted by atomic mass is 9.96. The van der Waals surface area contributed by atoms with E-state index in [4.69, 9.17) is 9.47 Å². The molecule has 6 nitrogen and oxygen atoms in total. The molecule has 33 heavy (non-hydrogen) atoms. The van der Waals surface area contributed by atoms with E-state index in [1.165, 1.54) is 11.3 Å². The van der Waals surface area contributed by atoms with E-state index in [0.29, 0.717) is 20.6 Å². The van der Waals surface area contributed by atoms with Crippen molar-refractivity contribution in [2.24, 2.45) is 4.99 Å². The normalized spacial score (nSPS) is 15.9. The second-order valence-corrected chi connectivity index (χ2v) is 9.18. The molecular formula is C26H26N2O4S. The van der Waals surface area contributed by atoms with Crippen molar-refractivity contribution in [2.75, 3.05) is 7.11 Å². The molecular weight excluding hydrogens is 436 g/mol. The Morgan fingerprint density at radius 1 is 1.15 bits per heavy atom. The van der Waals surface area contributed by atoms with Crippen LogP contribution in [0.1, 0.15) is 43.5 Å². The van der Waals surface area contributed by atoms with Crippen LogP contribution in [-0.2, 0) is 9.53 Å². The van der Waals surface area contributed by atoms with Crippen molar-refractivity contribution in [1.82, 2.24) is 4.57 Å². The number of aromatic nitrogens is 1. The number of fused-ring (bicyclic) bond motifs is 1. The van der Waals surface area contributed by atoms with Gasteiger partial charge in [0.25, 0.3) is 5.56 Å². The first kappa shape index (κ1) is 22.7. The monoisotopic (exact) mass is 462 g/mol. The number of benzene rings is 2. The van der Waals surface area contributed by atoms with Crippen LogP contribution < -0.4 is 19.6 Å². The van der Waals surface area contributed by atoms with Gasteiger partial charge in [-0.25, -0.2) is 9.79 Å². The summed E-state index contributed by atoms with van der Waals surface area (Å²) in [6.45, 7) is 7.37. The molecule has 2 heterocycles. The molecule has 0 bridgehead atoms. The van der Waals surface area contributed by atoms with Crippen LogP contribution >= 0.6 is 11.3 Å². The minimum atomic E-state index is -0.604. The van der Waals surface area contributed by atoms with Crippen LogP contribution in [0.4, 0.5) is 0 Å². The Hall–Kier alpha value is -3.45. The second-order valence-electron chi connectivity index (χ2n) is 8.17. The number of carbonyl (C=O) groups is 1. The third kappa shape index (κ3) is 4.41. The van der Waals surface area contributed by atoms with Gasteiger partial charge in [0.1, 0.15) is 5.75 Å². The topological polar surface area (TPSA) is 69.9 Å². The van der Waals surface area contributed by atoms with E-state index in [1.54, 1.807) is 32.4 Å². The molecule has 170 valence electrons. The maximum Gasteiger partial charge on any atom is 0.338 e. The molecule has 2 aromatic carbocycles. The van der Waals surface area contributed by atoms with Crippen molar-refractivity contribution < 1.29 is 14.3 Å². The van der Waals surface area contributed by atoms with Gasteiger partial charge in [-0.05, 0) is 62.6 Å². The highest BCUT2D eigenvalue weighted by Gasteiger charge is 2.33. The predicted octanol–water partition coefficient (Wildman–Crippen LogP) is 3.50. The number of methoxy groups -OCH3 is 1. The van der Waals surface area contributed by atoms with Crippen LogP contribution in [-0.4, -0.2) is 23.8 Å². The first-order valence-electron chi connectivity index (χ1n) is 10.7. The van der Waals surface area contributed by atoms with Gasteiger partial charge in [0.05, 0.1) is 35.1 Å². The predicted molar refractivity (Wildman–Crippen MR) is 129 cm³/mol. The van der Waals surface area contributed by atoms with Gasteiger partial charge in [-0.3, -0.25) is 9.36 Å². The Morgan fingerprint density at radius 2 is 1.88 bits per heavy atom. The molecule has 0 radical (unpaired) electrons. The number of rotatable bonds is 5. The average molecular weight is 463 g/mol. The first-order valence-corrected chi connectivity index (χ1v) is 11.5. The molecule has 0 aliphatic carbocycles. The highest BCUT2D eigenvalue weighted by atomic mass is 32.1. The largest absolute Gasteiger partial charge is 0.497 e. The maximum absolute atomic E-state index is 13.6. The highest BCUT2D eigenvalue weighted by Crippen LogP contribution is 2.30. The molecule has 1 aliphatic heterocycles. The van der Waals surface area contributed by atoms with E-state index < -0.39 is 12.0 Å². The van der Waals surface area contributed by atoms with Crippen molar-refractivity contribution >= 4 is 23.4 Å². The molecule has 1 atom stereocenters. The summed E-state index contributed by atoms with van der Waals surface area (Å²) < 4.78 is 13.0. The second kappa shape index (κ2) is 9.19. The van der Waals surface area contributed by atoms with Crippen molar-refractivity contribution in [3.8, 4) is 5.75 Å². The molecule has 0 N–H and O–H groups in total. The van der Waals surface area contributed by atoms with Crippen LogP contribution in [0.2, 0.25) is 0 Å². The summed E-state index contributed by atoms with van der Waals surface area (Å²) in [6, 6.07) is 14.6. The van der Waals surface area contributed by atoms with Crippen molar-refractivity contribution in [2.45, 2.75) is 39.8 Å². The maximum atomic E-state index is 13.6. The summed E-state index contributed by atoms with van der Waals surface area (Å²) in [5.74, 6) is 0.305. The van der Waals surface area contributed by atoms with Crippen molar-refractivity contribution in [1.29, 1.82) is 0 Å². The van der Waals surface area contributed by atoms with Gasteiger partial charge in [0.15, 0.2) is 4.80 Å². The quantitative estimate of drug-likeness (QED) is 0.544. The lowest BCUT2D eigenvalue weighted by Crippen LogP contribution is -2.40. The summed E-state index contributed by atoms with van der Waals surface area (Å²) >= 11 is 1.32. The van der Waals surface area contributed by atoms with Gasteiger partial charge in [0.2, 0.25) is 0 Å². The van der Waals surface area contributed by atoms with Gasteiger partial charge >= 0.3 is 5.97 Å².